The van der Waals surface area contributed by atoms with E-state index in [0.29, 0.717) is 0 Å². The fourth-order valence-corrected chi connectivity index (χ4v) is 9.55. The average Bonchev–Trinajstić information content (AvgIpc) is 4.01. The number of nitrogens with zero attached hydrogens (tertiary/aromatic N) is 2. The molecule has 4 heteroatoms. The van der Waals surface area contributed by atoms with Crippen molar-refractivity contribution < 1.29 is 8.83 Å². The lowest BCUT2D eigenvalue weighted by molar-refractivity contribution is 0.669. The van der Waals surface area contributed by atoms with Crippen LogP contribution in [0.15, 0.2) is 191 Å². The summed E-state index contributed by atoms with van der Waals surface area (Å²) >= 11 is 0. The van der Waals surface area contributed by atoms with Crippen molar-refractivity contribution >= 4 is 98.3 Å². The third-order valence-electron chi connectivity index (χ3n) is 11.9. The highest BCUT2D eigenvalue weighted by Crippen LogP contribution is 2.49. The van der Waals surface area contributed by atoms with Crippen molar-refractivity contribution in [2.75, 3.05) is 0 Å². The summed E-state index contributed by atoms with van der Waals surface area (Å²) in [4.78, 5) is 0. The lowest BCUT2D eigenvalue weighted by Crippen LogP contribution is -1.94. The molecule has 0 radical (unpaired) electrons. The van der Waals surface area contributed by atoms with Gasteiger partial charge in [0.25, 0.3) is 0 Å². The number of benzene rings is 9. The van der Waals surface area contributed by atoms with Crippen LogP contribution in [0.25, 0.3) is 121 Å². The Labute approximate surface area is 319 Å². The number of hydrogen-bond acceptors (Lipinski definition) is 2. The van der Waals surface area contributed by atoms with Gasteiger partial charge in [-0.15, -0.1) is 0 Å². The van der Waals surface area contributed by atoms with E-state index in [1.807, 2.05) is 6.07 Å². The average molecular weight is 715 g/mol. The zero-order valence-electron chi connectivity index (χ0n) is 30.0. The molecule has 4 aromatic heterocycles. The smallest absolute Gasteiger partial charge is 0.146 e. The molecule has 0 atom stereocenters. The summed E-state index contributed by atoms with van der Waals surface area (Å²) in [5, 5.41) is 11.5. The van der Waals surface area contributed by atoms with Crippen molar-refractivity contribution in [3.8, 4) is 22.5 Å². The highest BCUT2D eigenvalue weighted by molar-refractivity contribution is 6.40. The van der Waals surface area contributed by atoms with E-state index in [1.54, 1.807) is 0 Å². The van der Waals surface area contributed by atoms with Crippen molar-refractivity contribution in [3.05, 3.63) is 182 Å². The van der Waals surface area contributed by atoms with E-state index in [1.165, 1.54) is 27.4 Å². The molecule has 260 valence electrons. The van der Waals surface area contributed by atoms with Gasteiger partial charge in [0, 0.05) is 59.9 Å². The Balaban J connectivity index is 1.18. The Morgan fingerprint density at radius 2 is 0.857 bits per heavy atom. The monoisotopic (exact) mass is 714 g/mol. The van der Waals surface area contributed by atoms with Gasteiger partial charge in [0.2, 0.25) is 0 Å². The molecule has 0 aliphatic heterocycles. The predicted octanol–water partition coefficient (Wildman–Crippen LogP) is 14.5. The molecule has 56 heavy (non-hydrogen) atoms. The molecule has 4 nitrogen and oxygen atoms in total. The molecule has 13 rings (SSSR count). The third-order valence-corrected chi connectivity index (χ3v) is 11.9. The molecule has 0 fully saturated rings. The SMILES string of the molecule is c1ccc(-n2c3ccccc3c3cc(-c4ccc5c(c4)c4c6oc7ccccc7c6c6c(ccc7oc8ccccc8c76)c4n5-c4ccccc4)ccc32)cc1. The minimum atomic E-state index is 0.873. The van der Waals surface area contributed by atoms with Crippen LogP contribution in [0.3, 0.4) is 0 Å². The highest BCUT2D eigenvalue weighted by Gasteiger charge is 2.26. The molecule has 0 saturated heterocycles. The van der Waals surface area contributed by atoms with Crippen LogP contribution in [0, 0.1) is 0 Å². The Hall–Kier alpha value is -7.56. The van der Waals surface area contributed by atoms with Crippen molar-refractivity contribution in [1.82, 2.24) is 9.13 Å². The standard InChI is InChI=1S/C52H30N2O2/c1-3-13-33(14-4-1)53-41-20-10-7-17-35(41)39-29-31(23-26-42(39)53)32-24-27-43-40(30-32)50-51(54(43)34-15-5-2-6-16-34)38-25-28-46-47(36-18-8-11-21-44(36)55-46)48(38)49-37-19-9-12-22-45(37)56-52(49)50/h1-30H. The molecular weight excluding hydrogens is 685 g/mol. The van der Waals surface area contributed by atoms with Gasteiger partial charge in [0.15, 0.2) is 0 Å². The second-order valence-electron chi connectivity index (χ2n) is 14.8. The number of para-hydroxylation sites is 5. The molecule has 0 aliphatic carbocycles. The van der Waals surface area contributed by atoms with Gasteiger partial charge in [-0.05, 0) is 90.0 Å². The molecule has 0 bridgehead atoms. The van der Waals surface area contributed by atoms with Gasteiger partial charge < -0.3 is 18.0 Å². The molecule has 0 spiro atoms. The van der Waals surface area contributed by atoms with E-state index in [9.17, 15) is 0 Å². The van der Waals surface area contributed by atoms with Crippen molar-refractivity contribution in [1.29, 1.82) is 0 Å². The lowest BCUT2D eigenvalue weighted by atomic mass is 9.95. The Bertz CT molecular complexity index is 3750. The van der Waals surface area contributed by atoms with Crippen LogP contribution in [0.2, 0.25) is 0 Å². The molecule has 0 amide bonds. The van der Waals surface area contributed by atoms with Gasteiger partial charge in [0.05, 0.1) is 27.5 Å². The largest absolute Gasteiger partial charge is 0.456 e. The number of furan rings is 2. The maximum atomic E-state index is 7.02. The molecule has 0 saturated carbocycles. The summed E-state index contributed by atoms with van der Waals surface area (Å²) in [6, 6.07) is 65.1. The summed E-state index contributed by atoms with van der Waals surface area (Å²) in [7, 11) is 0. The van der Waals surface area contributed by atoms with Gasteiger partial charge in [-0.25, -0.2) is 0 Å². The van der Waals surface area contributed by atoms with E-state index < -0.39 is 0 Å². The van der Waals surface area contributed by atoms with Crippen LogP contribution >= 0.6 is 0 Å². The molecule has 4 heterocycles. The van der Waals surface area contributed by atoms with Crippen LogP contribution in [-0.2, 0) is 0 Å². The zero-order chi connectivity index (χ0) is 36.5. The van der Waals surface area contributed by atoms with Gasteiger partial charge >= 0.3 is 0 Å². The first-order chi connectivity index (χ1) is 27.8. The lowest BCUT2D eigenvalue weighted by Gasteiger charge is -2.11. The topological polar surface area (TPSA) is 36.1 Å². The quantitative estimate of drug-likeness (QED) is 0.183. The van der Waals surface area contributed by atoms with Gasteiger partial charge in [-0.3, -0.25) is 0 Å². The number of hydrogen-bond donors (Lipinski definition) is 0. The van der Waals surface area contributed by atoms with E-state index in [2.05, 4.69) is 185 Å². The number of rotatable bonds is 3. The predicted molar refractivity (Wildman–Crippen MR) is 233 cm³/mol. The first-order valence-corrected chi connectivity index (χ1v) is 19.1. The van der Waals surface area contributed by atoms with Crippen LogP contribution in [0.4, 0.5) is 0 Å². The number of aromatic nitrogens is 2. The third kappa shape index (κ3) is 3.92. The van der Waals surface area contributed by atoms with E-state index in [0.717, 1.165) is 93.4 Å². The van der Waals surface area contributed by atoms with Crippen LogP contribution in [-0.4, -0.2) is 9.13 Å². The summed E-state index contributed by atoms with van der Waals surface area (Å²) in [5.74, 6) is 0. The molecule has 13 aromatic rings. The molecular formula is C52H30N2O2. The maximum Gasteiger partial charge on any atom is 0.146 e. The van der Waals surface area contributed by atoms with Crippen LogP contribution < -0.4 is 0 Å². The fourth-order valence-electron chi connectivity index (χ4n) is 9.55. The molecule has 0 aliphatic rings. The van der Waals surface area contributed by atoms with Crippen molar-refractivity contribution in [3.63, 3.8) is 0 Å². The summed E-state index contributed by atoms with van der Waals surface area (Å²) in [5.41, 5.74) is 12.7. The number of fused-ring (bicyclic) bond motifs is 17. The van der Waals surface area contributed by atoms with Crippen LogP contribution in [0.5, 0.6) is 0 Å². The first-order valence-electron chi connectivity index (χ1n) is 19.1. The van der Waals surface area contributed by atoms with E-state index in [4.69, 9.17) is 8.83 Å². The normalized spacial score (nSPS) is 12.3. The second-order valence-corrected chi connectivity index (χ2v) is 14.8. The molecule has 9 aromatic carbocycles. The minimum absolute atomic E-state index is 0.873. The van der Waals surface area contributed by atoms with E-state index >= 15 is 0 Å². The Morgan fingerprint density at radius 1 is 0.304 bits per heavy atom. The Morgan fingerprint density at radius 3 is 1.59 bits per heavy atom. The summed E-state index contributed by atoms with van der Waals surface area (Å²) in [6.45, 7) is 0. The fraction of sp³-hybridized carbons (Fsp3) is 0. The summed E-state index contributed by atoms with van der Waals surface area (Å²) < 4.78 is 18.3. The minimum Gasteiger partial charge on any atom is -0.456 e. The van der Waals surface area contributed by atoms with Crippen molar-refractivity contribution in [2.45, 2.75) is 0 Å². The zero-order valence-corrected chi connectivity index (χ0v) is 30.0. The van der Waals surface area contributed by atoms with Crippen molar-refractivity contribution in [2.24, 2.45) is 0 Å². The maximum absolute atomic E-state index is 7.02. The molecule has 0 N–H and O–H groups in total. The van der Waals surface area contributed by atoms with E-state index in [-0.39, 0.29) is 0 Å². The first kappa shape index (κ1) is 29.8. The van der Waals surface area contributed by atoms with Gasteiger partial charge in [-0.1, -0.05) is 103 Å². The highest BCUT2D eigenvalue weighted by atomic mass is 16.3. The second kappa shape index (κ2) is 11.0. The van der Waals surface area contributed by atoms with Gasteiger partial charge in [-0.2, -0.15) is 0 Å². The Kier molecular flexibility index (Phi) is 5.86. The molecule has 0 unspecified atom stereocenters. The van der Waals surface area contributed by atoms with Crippen LogP contribution in [0.1, 0.15) is 0 Å². The summed E-state index contributed by atoms with van der Waals surface area (Å²) in [6.07, 6.45) is 0. The van der Waals surface area contributed by atoms with Gasteiger partial charge in [0.1, 0.15) is 22.3 Å².